The van der Waals surface area contributed by atoms with Gasteiger partial charge in [-0.25, -0.2) is 4.68 Å². The van der Waals surface area contributed by atoms with Gasteiger partial charge in [0, 0.05) is 18.1 Å². The minimum Gasteiger partial charge on any atom is -0.307 e. The summed E-state index contributed by atoms with van der Waals surface area (Å²) in [6, 6.07) is 15.5. The third-order valence-electron chi connectivity index (χ3n) is 3.18. The number of hydrogen-bond donors (Lipinski definition) is 1. The molecule has 0 saturated heterocycles. The van der Waals surface area contributed by atoms with Gasteiger partial charge < -0.3 is 5.32 Å². The summed E-state index contributed by atoms with van der Waals surface area (Å²) >= 11 is 12.1. The molecule has 6 heteroatoms. The lowest BCUT2D eigenvalue weighted by molar-refractivity contribution is 0.676. The first-order chi connectivity index (χ1) is 10.7. The first-order valence-electron chi connectivity index (χ1n) is 6.83. The summed E-state index contributed by atoms with van der Waals surface area (Å²) in [5.41, 5.74) is 2.84. The number of benzene rings is 2. The molecule has 0 bridgehead atoms. The maximum Gasteiger partial charge on any atom is 0.0969 e. The van der Waals surface area contributed by atoms with Crippen molar-refractivity contribution in [2.75, 3.05) is 0 Å². The Hall–Kier alpha value is -1.88. The Balaban J connectivity index is 1.64. The van der Waals surface area contributed by atoms with Crippen LogP contribution in [-0.2, 0) is 13.1 Å². The maximum absolute atomic E-state index is 6.17. The largest absolute Gasteiger partial charge is 0.307 e. The van der Waals surface area contributed by atoms with Crippen LogP contribution in [0.2, 0.25) is 10.0 Å². The maximum atomic E-state index is 6.17. The molecule has 22 heavy (non-hydrogen) atoms. The summed E-state index contributed by atoms with van der Waals surface area (Å²) in [6.07, 6.45) is 1.85. The Bertz CT molecular complexity index is 756. The average molecular weight is 333 g/mol. The summed E-state index contributed by atoms with van der Waals surface area (Å²) in [5.74, 6) is 0. The van der Waals surface area contributed by atoms with Gasteiger partial charge >= 0.3 is 0 Å². The first-order valence-corrected chi connectivity index (χ1v) is 7.59. The Morgan fingerprint density at radius 2 is 1.82 bits per heavy atom. The van der Waals surface area contributed by atoms with Crippen molar-refractivity contribution < 1.29 is 0 Å². The van der Waals surface area contributed by atoms with Crippen molar-refractivity contribution in [1.82, 2.24) is 20.3 Å². The predicted octanol–water partition coefficient (Wildman–Crippen LogP) is 3.86. The molecule has 3 aromatic rings. The lowest BCUT2D eigenvalue weighted by Crippen LogP contribution is -2.12. The Labute approximate surface area is 138 Å². The fraction of sp³-hybridized carbons (Fsp3) is 0.125. The van der Waals surface area contributed by atoms with Gasteiger partial charge in [-0.2, -0.15) is 0 Å². The minimum absolute atomic E-state index is 0.543. The molecular weight excluding hydrogens is 319 g/mol. The Morgan fingerprint density at radius 1 is 1.00 bits per heavy atom. The average Bonchev–Trinajstić information content (AvgIpc) is 2.97. The number of aromatic nitrogens is 3. The van der Waals surface area contributed by atoms with Crippen LogP contribution in [0.25, 0.3) is 5.69 Å². The number of hydrogen-bond acceptors (Lipinski definition) is 3. The van der Waals surface area contributed by atoms with Crippen molar-refractivity contribution in [3.05, 3.63) is 76.0 Å². The van der Waals surface area contributed by atoms with Crippen LogP contribution in [0.3, 0.4) is 0 Å². The summed E-state index contributed by atoms with van der Waals surface area (Å²) < 4.78 is 1.65. The van der Waals surface area contributed by atoms with Gasteiger partial charge in [0.05, 0.1) is 22.6 Å². The molecule has 0 radical (unpaired) electrons. The molecule has 0 aliphatic heterocycles. The van der Waals surface area contributed by atoms with Crippen molar-refractivity contribution in [2.45, 2.75) is 13.1 Å². The van der Waals surface area contributed by atoms with Crippen LogP contribution in [0.1, 0.15) is 11.3 Å². The smallest absolute Gasteiger partial charge is 0.0969 e. The molecule has 0 spiro atoms. The summed E-state index contributed by atoms with van der Waals surface area (Å²) in [7, 11) is 0. The number of nitrogens with one attached hydrogen (secondary N) is 1. The highest BCUT2D eigenvalue weighted by atomic mass is 35.5. The number of nitrogens with zero attached hydrogens (tertiary/aromatic N) is 3. The highest BCUT2D eigenvalue weighted by Gasteiger charge is 2.07. The quantitative estimate of drug-likeness (QED) is 0.771. The van der Waals surface area contributed by atoms with Crippen molar-refractivity contribution >= 4 is 23.2 Å². The second kappa shape index (κ2) is 6.92. The van der Waals surface area contributed by atoms with E-state index in [9.17, 15) is 0 Å². The van der Waals surface area contributed by atoms with Gasteiger partial charge in [-0.15, -0.1) is 5.10 Å². The van der Waals surface area contributed by atoms with E-state index in [-0.39, 0.29) is 0 Å². The molecule has 2 aromatic carbocycles. The van der Waals surface area contributed by atoms with Crippen LogP contribution in [-0.4, -0.2) is 15.0 Å². The van der Waals surface area contributed by atoms with Gasteiger partial charge in [-0.05, 0) is 23.8 Å². The highest BCUT2D eigenvalue weighted by Crippen LogP contribution is 2.23. The fourth-order valence-corrected chi connectivity index (χ4v) is 2.59. The van der Waals surface area contributed by atoms with Crippen LogP contribution in [0.15, 0.2) is 54.7 Å². The van der Waals surface area contributed by atoms with Gasteiger partial charge in [-0.3, -0.25) is 0 Å². The summed E-state index contributed by atoms with van der Waals surface area (Å²) in [4.78, 5) is 0. The molecule has 0 aliphatic rings. The molecule has 4 nitrogen and oxygen atoms in total. The molecule has 112 valence electrons. The SMILES string of the molecule is Clc1ccc(-n2cc(CNCc3ccccc3)nn2)c(Cl)c1. The number of halogens is 2. The van der Waals surface area contributed by atoms with Crippen LogP contribution < -0.4 is 5.32 Å². The van der Waals surface area contributed by atoms with Crippen LogP contribution in [0, 0.1) is 0 Å². The van der Waals surface area contributed by atoms with E-state index in [1.165, 1.54) is 5.56 Å². The van der Waals surface area contributed by atoms with E-state index >= 15 is 0 Å². The first kappa shape index (κ1) is 15.0. The fourth-order valence-electron chi connectivity index (χ4n) is 2.09. The number of rotatable bonds is 5. The van der Waals surface area contributed by atoms with Gasteiger partial charge in [0.15, 0.2) is 0 Å². The van der Waals surface area contributed by atoms with Gasteiger partial charge in [0.25, 0.3) is 0 Å². The second-order valence-electron chi connectivity index (χ2n) is 4.84. The van der Waals surface area contributed by atoms with E-state index in [2.05, 4.69) is 27.8 Å². The Kier molecular flexibility index (Phi) is 4.73. The summed E-state index contributed by atoms with van der Waals surface area (Å²) in [6.45, 7) is 1.43. The standard InChI is InChI=1S/C16H14Cl2N4/c17-13-6-7-16(15(18)8-13)22-11-14(20-21-22)10-19-9-12-4-2-1-3-5-12/h1-8,11,19H,9-10H2. The third-order valence-corrected chi connectivity index (χ3v) is 3.71. The normalized spacial score (nSPS) is 10.8. The molecule has 0 aliphatic carbocycles. The van der Waals surface area contributed by atoms with E-state index in [1.807, 2.05) is 30.5 Å². The zero-order chi connectivity index (χ0) is 15.4. The van der Waals surface area contributed by atoms with E-state index in [1.54, 1.807) is 16.8 Å². The van der Waals surface area contributed by atoms with Crippen LogP contribution in [0.4, 0.5) is 0 Å². The van der Waals surface area contributed by atoms with E-state index in [4.69, 9.17) is 23.2 Å². The zero-order valence-corrected chi connectivity index (χ0v) is 13.2. The molecule has 3 rings (SSSR count). The van der Waals surface area contributed by atoms with Crippen LogP contribution >= 0.6 is 23.2 Å². The molecule has 0 amide bonds. The molecule has 0 fully saturated rings. The predicted molar refractivity (Wildman–Crippen MR) is 88.4 cm³/mol. The lowest BCUT2D eigenvalue weighted by atomic mass is 10.2. The van der Waals surface area contributed by atoms with E-state index in [0.29, 0.717) is 16.6 Å². The Morgan fingerprint density at radius 3 is 2.59 bits per heavy atom. The third kappa shape index (κ3) is 3.65. The molecule has 0 saturated carbocycles. The molecule has 0 atom stereocenters. The van der Waals surface area contributed by atoms with Crippen molar-refractivity contribution in [1.29, 1.82) is 0 Å². The van der Waals surface area contributed by atoms with Crippen molar-refractivity contribution in [3.8, 4) is 5.69 Å². The van der Waals surface area contributed by atoms with Crippen molar-refractivity contribution in [3.63, 3.8) is 0 Å². The lowest BCUT2D eigenvalue weighted by Gasteiger charge is -2.03. The highest BCUT2D eigenvalue weighted by molar-refractivity contribution is 6.35. The topological polar surface area (TPSA) is 42.7 Å². The molecular formula is C16H14Cl2N4. The second-order valence-corrected chi connectivity index (χ2v) is 5.68. The zero-order valence-electron chi connectivity index (χ0n) is 11.7. The minimum atomic E-state index is 0.543. The van der Waals surface area contributed by atoms with Crippen LogP contribution in [0.5, 0.6) is 0 Å². The summed E-state index contributed by atoms with van der Waals surface area (Å²) in [5, 5.41) is 12.7. The van der Waals surface area contributed by atoms with Gasteiger partial charge in [0.2, 0.25) is 0 Å². The van der Waals surface area contributed by atoms with Gasteiger partial charge in [-0.1, -0.05) is 58.7 Å². The van der Waals surface area contributed by atoms with Gasteiger partial charge in [0.1, 0.15) is 0 Å². The van der Waals surface area contributed by atoms with E-state index < -0.39 is 0 Å². The molecule has 1 aromatic heterocycles. The molecule has 0 unspecified atom stereocenters. The van der Waals surface area contributed by atoms with E-state index in [0.717, 1.165) is 17.9 Å². The molecule has 1 heterocycles. The van der Waals surface area contributed by atoms with Crippen molar-refractivity contribution in [2.24, 2.45) is 0 Å². The monoisotopic (exact) mass is 332 g/mol. The molecule has 1 N–H and O–H groups in total.